The van der Waals surface area contributed by atoms with E-state index in [1.807, 2.05) is 45.9 Å². The Morgan fingerprint density at radius 1 is 1.13 bits per heavy atom. The van der Waals surface area contributed by atoms with E-state index in [0.29, 0.717) is 35.2 Å². The van der Waals surface area contributed by atoms with Crippen LogP contribution in [0.2, 0.25) is 0 Å². The predicted molar refractivity (Wildman–Crippen MR) is 118 cm³/mol. The lowest BCUT2D eigenvalue weighted by Gasteiger charge is -2.29. The fourth-order valence-corrected chi connectivity index (χ4v) is 3.10. The maximum Gasteiger partial charge on any atom is 0.265 e. The summed E-state index contributed by atoms with van der Waals surface area (Å²) in [4.78, 5) is 38.7. The summed E-state index contributed by atoms with van der Waals surface area (Å²) in [7, 11) is 0. The Labute approximate surface area is 182 Å². The second kappa shape index (κ2) is 9.64. The summed E-state index contributed by atoms with van der Waals surface area (Å²) >= 11 is 0. The summed E-state index contributed by atoms with van der Waals surface area (Å²) in [6, 6.07) is 10.5. The molecule has 164 valence electrons. The molecule has 0 aliphatic carbocycles. The fourth-order valence-electron chi connectivity index (χ4n) is 3.10. The molecule has 1 heterocycles. The van der Waals surface area contributed by atoms with E-state index in [-0.39, 0.29) is 37.4 Å². The van der Waals surface area contributed by atoms with Gasteiger partial charge in [-0.3, -0.25) is 19.3 Å². The van der Waals surface area contributed by atoms with Crippen LogP contribution in [0.4, 0.5) is 5.69 Å². The maximum atomic E-state index is 12.7. The van der Waals surface area contributed by atoms with Crippen LogP contribution in [0.15, 0.2) is 36.4 Å². The third-order valence-electron chi connectivity index (χ3n) is 5.08. The van der Waals surface area contributed by atoms with Crippen LogP contribution >= 0.6 is 0 Å². The van der Waals surface area contributed by atoms with Crippen molar-refractivity contribution in [3.63, 3.8) is 0 Å². The van der Waals surface area contributed by atoms with Crippen molar-refractivity contribution in [2.75, 3.05) is 31.2 Å². The molecule has 1 N–H and O–H groups in total. The van der Waals surface area contributed by atoms with E-state index < -0.39 is 0 Å². The standard InChI is InChI=1S/C24H28N2O5/c1-15(2)11-25-23(28)12-26-20-10-18(6-8-22(20)31-14-24(26)29)21(27)13-30-19-7-5-16(3)17(4)9-19/h5-10,15H,11-14H2,1-4H3,(H,25,28). The molecule has 0 radical (unpaired) electrons. The number of ether oxygens (including phenoxy) is 2. The predicted octanol–water partition coefficient (Wildman–Crippen LogP) is 3.06. The third-order valence-corrected chi connectivity index (χ3v) is 5.08. The average molecular weight is 424 g/mol. The molecule has 1 aliphatic heterocycles. The van der Waals surface area contributed by atoms with E-state index in [9.17, 15) is 14.4 Å². The molecule has 0 unspecified atom stereocenters. The third kappa shape index (κ3) is 5.63. The number of Topliss-reactive ketones (excluding diaryl/α,β-unsaturated/α-hetero) is 1. The smallest absolute Gasteiger partial charge is 0.265 e. The number of nitrogens with zero attached hydrogens (tertiary/aromatic N) is 1. The highest BCUT2D eigenvalue weighted by molar-refractivity contribution is 6.04. The highest BCUT2D eigenvalue weighted by Crippen LogP contribution is 2.33. The lowest BCUT2D eigenvalue weighted by atomic mass is 10.1. The van der Waals surface area contributed by atoms with Crippen molar-refractivity contribution in [3.05, 3.63) is 53.1 Å². The van der Waals surface area contributed by atoms with E-state index in [0.717, 1.165) is 11.1 Å². The van der Waals surface area contributed by atoms with Crippen LogP contribution in [0.1, 0.15) is 35.3 Å². The van der Waals surface area contributed by atoms with Crippen LogP contribution in [0.25, 0.3) is 0 Å². The number of rotatable bonds is 8. The van der Waals surface area contributed by atoms with E-state index in [2.05, 4.69) is 5.32 Å². The Morgan fingerprint density at radius 2 is 1.90 bits per heavy atom. The molecule has 0 spiro atoms. The topological polar surface area (TPSA) is 84.9 Å². The molecular weight excluding hydrogens is 396 g/mol. The minimum absolute atomic E-state index is 0.126. The molecule has 0 atom stereocenters. The molecule has 0 fully saturated rings. The Hall–Kier alpha value is -3.35. The first-order valence-corrected chi connectivity index (χ1v) is 10.3. The van der Waals surface area contributed by atoms with Gasteiger partial charge < -0.3 is 14.8 Å². The number of benzene rings is 2. The van der Waals surface area contributed by atoms with Crippen LogP contribution in [-0.2, 0) is 9.59 Å². The van der Waals surface area contributed by atoms with Crippen LogP contribution in [-0.4, -0.2) is 43.9 Å². The zero-order chi connectivity index (χ0) is 22.5. The van der Waals surface area contributed by atoms with E-state index in [1.54, 1.807) is 18.2 Å². The minimum atomic E-state index is -0.330. The highest BCUT2D eigenvalue weighted by atomic mass is 16.5. The number of amides is 2. The van der Waals surface area contributed by atoms with Crippen molar-refractivity contribution in [2.24, 2.45) is 5.92 Å². The van der Waals surface area contributed by atoms with E-state index in [4.69, 9.17) is 9.47 Å². The first-order valence-electron chi connectivity index (χ1n) is 10.3. The number of ketones is 1. The number of hydrogen-bond acceptors (Lipinski definition) is 5. The van der Waals surface area contributed by atoms with Gasteiger partial charge in [0.15, 0.2) is 19.0 Å². The molecule has 7 nitrogen and oxygen atoms in total. The molecule has 0 saturated heterocycles. The quantitative estimate of drug-likeness (QED) is 0.659. The Morgan fingerprint density at radius 3 is 2.61 bits per heavy atom. The number of hydrogen-bond donors (Lipinski definition) is 1. The van der Waals surface area contributed by atoms with Gasteiger partial charge in [0.25, 0.3) is 5.91 Å². The van der Waals surface area contributed by atoms with Gasteiger partial charge in [0.05, 0.1) is 5.69 Å². The summed E-state index contributed by atoms with van der Waals surface area (Å²) in [5, 5.41) is 2.80. The molecular formula is C24H28N2O5. The van der Waals surface area contributed by atoms with E-state index in [1.165, 1.54) is 4.90 Å². The van der Waals surface area contributed by atoms with Crippen LogP contribution < -0.4 is 19.7 Å². The van der Waals surface area contributed by atoms with E-state index >= 15 is 0 Å². The molecule has 31 heavy (non-hydrogen) atoms. The maximum absolute atomic E-state index is 12.7. The van der Waals surface area contributed by atoms with Crippen molar-refractivity contribution < 1.29 is 23.9 Å². The highest BCUT2D eigenvalue weighted by Gasteiger charge is 2.28. The van der Waals surface area contributed by atoms with Gasteiger partial charge in [-0.1, -0.05) is 19.9 Å². The van der Waals surface area contributed by atoms with Crippen molar-refractivity contribution in [1.29, 1.82) is 0 Å². The van der Waals surface area contributed by atoms with Gasteiger partial charge in [-0.2, -0.15) is 0 Å². The monoisotopic (exact) mass is 424 g/mol. The van der Waals surface area contributed by atoms with Crippen molar-refractivity contribution >= 4 is 23.3 Å². The number of anilines is 1. The molecule has 1 aliphatic rings. The summed E-state index contributed by atoms with van der Waals surface area (Å²) in [5.74, 6) is 0.563. The van der Waals surface area contributed by atoms with Gasteiger partial charge in [0.1, 0.15) is 18.0 Å². The Balaban J connectivity index is 1.72. The molecule has 0 saturated carbocycles. The molecule has 2 aromatic rings. The summed E-state index contributed by atoms with van der Waals surface area (Å²) < 4.78 is 11.1. The molecule has 2 amide bonds. The number of nitrogens with one attached hydrogen (secondary N) is 1. The zero-order valence-electron chi connectivity index (χ0n) is 18.4. The second-order valence-corrected chi connectivity index (χ2v) is 8.11. The zero-order valence-corrected chi connectivity index (χ0v) is 18.4. The van der Waals surface area contributed by atoms with Crippen molar-refractivity contribution in [1.82, 2.24) is 5.32 Å². The first kappa shape index (κ1) is 22.3. The Bertz CT molecular complexity index is 999. The van der Waals surface area contributed by atoms with Crippen molar-refractivity contribution in [3.8, 4) is 11.5 Å². The van der Waals surface area contributed by atoms with Gasteiger partial charge >= 0.3 is 0 Å². The first-order chi connectivity index (χ1) is 14.7. The fraction of sp³-hybridized carbons (Fsp3) is 0.375. The van der Waals surface area contributed by atoms with Gasteiger partial charge in [-0.05, 0) is 61.2 Å². The summed E-state index contributed by atoms with van der Waals surface area (Å²) in [6.07, 6.45) is 0. The van der Waals surface area contributed by atoms with Gasteiger partial charge in [-0.15, -0.1) is 0 Å². The average Bonchev–Trinajstić information content (AvgIpc) is 2.74. The Kier molecular flexibility index (Phi) is 6.95. The number of fused-ring (bicyclic) bond motifs is 1. The van der Waals surface area contributed by atoms with Gasteiger partial charge in [0, 0.05) is 12.1 Å². The van der Waals surface area contributed by atoms with Crippen LogP contribution in [0.3, 0.4) is 0 Å². The SMILES string of the molecule is Cc1ccc(OCC(=O)c2ccc3c(c2)N(CC(=O)NCC(C)C)C(=O)CO3)cc1C. The minimum Gasteiger partial charge on any atom is -0.485 e. The molecule has 0 bridgehead atoms. The largest absolute Gasteiger partial charge is 0.485 e. The second-order valence-electron chi connectivity index (χ2n) is 8.11. The number of carbonyl (C=O) groups excluding carboxylic acids is 3. The summed E-state index contributed by atoms with van der Waals surface area (Å²) in [6.45, 7) is 8.10. The normalized spacial score (nSPS) is 12.9. The lowest BCUT2D eigenvalue weighted by Crippen LogP contribution is -2.45. The van der Waals surface area contributed by atoms with Crippen LogP contribution in [0, 0.1) is 19.8 Å². The van der Waals surface area contributed by atoms with Gasteiger partial charge in [0.2, 0.25) is 5.91 Å². The molecule has 0 aromatic heterocycles. The lowest BCUT2D eigenvalue weighted by molar-refractivity contribution is -0.125. The number of aryl methyl sites for hydroxylation is 2. The molecule has 3 rings (SSSR count). The van der Waals surface area contributed by atoms with Crippen LogP contribution in [0.5, 0.6) is 11.5 Å². The molecule has 7 heteroatoms. The summed E-state index contributed by atoms with van der Waals surface area (Å²) in [5.41, 5.74) is 3.03. The van der Waals surface area contributed by atoms with Gasteiger partial charge in [-0.25, -0.2) is 0 Å². The van der Waals surface area contributed by atoms with Crippen molar-refractivity contribution in [2.45, 2.75) is 27.7 Å². The number of carbonyl (C=O) groups is 3. The molecule has 2 aromatic carbocycles.